The lowest BCUT2D eigenvalue weighted by Gasteiger charge is -2.35. The van der Waals surface area contributed by atoms with Crippen molar-refractivity contribution in [3.05, 3.63) is 0 Å². The molecule has 7 atom stereocenters. The first-order chi connectivity index (χ1) is 18.4. The average Bonchev–Trinajstić information content (AvgIpc) is 2.91. The topological polar surface area (TPSA) is 219 Å². The number of carboxylic acid groups (broad SMARTS) is 1. The van der Waals surface area contributed by atoms with E-state index in [1.807, 2.05) is 6.92 Å². The summed E-state index contributed by atoms with van der Waals surface area (Å²) in [5.74, 6) is -9.29. The van der Waals surface area contributed by atoms with Crippen LogP contribution in [0.25, 0.3) is 0 Å². The first kappa shape index (κ1) is 37.6. The lowest BCUT2D eigenvalue weighted by Crippen LogP contribution is -2.66. The van der Waals surface area contributed by atoms with Crippen LogP contribution in [0.15, 0.2) is 0 Å². The number of aliphatic hydroxyl groups is 3. The zero-order valence-electron chi connectivity index (χ0n) is 24.8. The summed E-state index contributed by atoms with van der Waals surface area (Å²) in [5.41, 5.74) is -9.91. The highest BCUT2D eigenvalue weighted by Crippen LogP contribution is 2.30. The second-order valence-corrected chi connectivity index (χ2v) is 10.5. The van der Waals surface area contributed by atoms with E-state index < -0.39 is 82.7 Å². The molecule has 0 aliphatic rings. The summed E-state index contributed by atoms with van der Waals surface area (Å²) in [7, 11) is 4.16. The lowest BCUT2D eigenvalue weighted by atomic mass is 9.72. The van der Waals surface area contributed by atoms with Crippen molar-refractivity contribution >= 4 is 34.9 Å². The van der Waals surface area contributed by atoms with Crippen LogP contribution < -0.4 is 16.0 Å². The van der Waals surface area contributed by atoms with Gasteiger partial charge in [0, 0.05) is 0 Å². The monoisotopic (exact) mass is 573 g/mol. The van der Waals surface area contributed by atoms with Gasteiger partial charge in [-0.15, -0.1) is 0 Å². The first-order valence-corrected chi connectivity index (χ1v) is 13.5. The molecule has 0 saturated carbocycles. The zero-order valence-corrected chi connectivity index (χ0v) is 24.8. The number of Topliss-reactive ketones (excluding diaryl/α,β-unsaturated/α-hetero) is 5. The number of rotatable bonds is 21. The van der Waals surface area contributed by atoms with Crippen LogP contribution in [0.2, 0.25) is 0 Å². The van der Waals surface area contributed by atoms with E-state index in [4.69, 9.17) is 0 Å². The molecule has 0 aromatic rings. The summed E-state index contributed by atoms with van der Waals surface area (Å²) in [5, 5.41) is 51.0. The van der Waals surface area contributed by atoms with E-state index in [1.165, 1.54) is 28.1 Å². The highest BCUT2D eigenvalue weighted by molar-refractivity contribution is 6.25. The molecule has 0 aromatic heterocycles. The van der Waals surface area contributed by atoms with E-state index in [1.54, 1.807) is 13.8 Å². The van der Waals surface area contributed by atoms with Crippen LogP contribution in [0.1, 0.15) is 73.1 Å². The second kappa shape index (κ2) is 15.5. The zero-order chi connectivity index (χ0) is 31.6. The van der Waals surface area contributed by atoms with Crippen molar-refractivity contribution < 1.29 is 49.2 Å². The van der Waals surface area contributed by atoms with Crippen LogP contribution in [0.4, 0.5) is 0 Å². The maximum absolute atomic E-state index is 13.6. The van der Waals surface area contributed by atoms with Gasteiger partial charge in [0.25, 0.3) is 0 Å². The van der Waals surface area contributed by atoms with Crippen molar-refractivity contribution in [3.63, 3.8) is 0 Å². The van der Waals surface area contributed by atoms with Gasteiger partial charge >= 0.3 is 5.97 Å². The normalized spacial score (nSPS) is 19.2. The van der Waals surface area contributed by atoms with Gasteiger partial charge in [-0.2, -0.15) is 0 Å². The van der Waals surface area contributed by atoms with E-state index in [9.17, 15) is 49.2 Å². The molecule has 0 aromatic carbocycles. The third-order valence-electron chi connectivity index (χ3n) is 7.59. The standard InChI is InChI=1S/C27H47N3O10/c1-9-11-12-17(29-7)22(34)25(5,38)19(32)14-26(39,21(33)16(4)28-6)23(35)27(40,24(36)37)13-18(31)20(30-8)15(3)10-2/h15-17,20,28-30,38-40H,9-14H2,1-8H3,(H,36,37)/t15-,16+,17+,20+,25?,26?,27?/m1/s1. The van der Waals surface area contributed by atoms with Crippen molar-refractivity contribution in [2.24, 2.45) is 5.92 Å². The molecule has 0 aliphatic carbocycles. The van der Waals surface area contributed by atoms with E-state index in [0.29, 0.717) is 19.3 Å². The largest absolute Gasteiger partial charge is 0.479 e. The van der Waals surface area contributed by atoms with Crippen molar-refractivity contribution in [2.75, 3.05) is 21.1 Å². The summed E-state index contributed by atoms with van der Waals surface area (Å²) < 4.78 is 0. The molecule has 0 fully saturated rings. The van der Waals surface area contributed by atoms with Crippen molar-refractivity contribution in [3.8, 4) is 0 Å². The van der Waals surface area contributed by atoms with Gasteiger partial charge in [-0.05, 0) is 47.3 Å². The van der Waals surface area contributed by atoms with Crippen molar-refractivity contribution in [1.82, 2.24) is 16.0 Å². The fraction of sp³-hybridized carbons (Fsp3) is 0.778. The second-order valence-electron chi connectivity index (χ2n) is 10.5. The Morgan fingerprint density at radius 1 is 0.800 bits per heavy atom. The first-order valence-electron chi connectivity index (χ1n) is 13.5. The van der Waals surface area contributed by atoms with Gasteiger partial charge in [-0.1, -0.05) is 40.0 Å². The van der Waals surface area contributed by atoms with Gasteiger partial charge in [0.2, 0.25) is 11.4 Å². The summed E-state index contributed by atoms with van der Waals surface area (Å²) in [4.78, 5) is 78.3. The number of unbranched alkanes of at least 4 members (excludes halogenated alkanes) is 1. The van der Waals surface area contributed by atoms with Crippen LogP contribution in [0.3, 0.4) is 0 Å². The smallest absolute Gasteiger partial charge is 0.344 e. The van der Waals surface area contributed by atoms with E-state index in [0.717, 1.165) is 6.92 Å². The Kier molecular flexibility index (Phi) is 14.6. The van der Waals surface area contributed by atoms with Crippen molar-refractivity contribution in [2.45, 2.75) is 108 Å². The lowest BCUT2D eigenvalue weighted by molar-refractivity contribution is -0.181. The van der Waals surface area contributed by atoms with Gasteiger partial charge in [0.15, 0.2) is 34.3 Å². The SMILES string of the molecule is CCCC[C@H](NC)C(=O)C(C)(O)C(=O)CC(O)(C(=O)[C@H](C)NC)C(=O)C(O)(CC(=O)[C@@H](NC)[C@H](C)CC)C(=O)O. The minimum absolute atomic E-state index is 0.262. The predicted octanol–water partition coefficient (Wildman–Crippen LogP) is -1.07. The van der Waals surface area contributed by atoms with E-state index in [2.05, 4.69) is 16.0 Å². The molecule has 3 unspecified atom stereocenters. The molecule has 0 amide bonds. The van der Waals surface area contributed by atoms with Gasteiger partial charge in [0.1, 0.15) is 0 Å². The molecular formula is C27H47N3O10. The minimum Gasteiger partial charge on any atom is -0.479 e. The number of ketones is 5. The molecule has 0 aliphatic heterocycles. The molecule has 13 nitrogen and oxygen atoms in total. The number of likely N-dealkylation sites (N-methyl/N-ethyl adjacent to an activating group) is 3. The number of aliphatic carboxylic acids is 1. The van der Waals surface area contributed by atoms with Crippen LogP contribution in [0, 0.1) is 5.92 Å². The Bertz CT molecular complexity index is 953. The van der Waals surface area contributed by atoms with Crippen LogP contribution in [-0.2, 0) is 28.8 Å². The van der Waals surface area contributed by atoms with Crippen LogP contribution in [0.5, 0.6) is 0 Å². The summed E-state index contributed by atoms with van der Waals surface area (Å²) in [6.45, 7) is 7.39. The fourth-order valence-corrected chi connectivity index (χ4v) is 4.42. The summed E-state index contributed by atoms with van der Waals surface area (Å²) >= 11 is 0. The third kappa shape index (κ3) is 8.30. The molecular weight excluding hydrogens is 526 g/mol. The third-order valence-corrected chi connectivity index (χ3v) is 7.59. The van der Waals surface area contributed by atoms with Gasteiger partial charge in [-0.3, -0.25) is 24.0 Å². The van der Waals surface area contributed by atoms with E-state index in [-0.39, 0.29) is 12.3 Å². The average molecular weight is 574 g/mol. The molecule has 0 heterocycles. The summed E-state index contributed by atoms with van der Waals surface area (Å²) in [6, 6.07) is -3.27. The number of hydrogen-bond donors (Lipinski definition) is 7. The Labute approximate surface area is 235 Å². The van der Waals surface area contributed by atoms with Crippen LogP contribution in [-0.4, -0.2) is 111 Å². The highest BCUT2D eigenvalue weighted by Gasteiger charge is 2.61. The molecule has 0 radical (unpaired) electrons. The molecule has 7 N–H and O–H groups in total. The molecule has 230 valence electrons. The maximum Gasteiger partial charge on any atom is 0.344 e. The number of nitrogens with one attached hydrogen (secondary N) is 3. The quantitative estimate of drug-likeness (QED) is 0.0814. The highest BCUT2D eigenvalue weighted by atomic mass is 16.4. The predicted molar refractivity (Wildman–Crippen MR) is 146 cm³/mol. The Morgan fingerprint density at radius 2 is 1.35 bits per heavy atom. The summed E-state index contributed by atoms with van der Waals surface area (Å²) in [6.07, 6.45) is -0.802. The fourth-order valence-electron chi connectivity index (χ4n) is 4.42. The number of carbonyl (C=O) groups excluding carboxylic acids is 5. The number of carbonyl (C=O) groups is 6. The van der Waals surface area contributed by atoms with Crippen LogP contribution >= 0.6 is 0 Å². The number of hydrogen-bond acceptors (Lipinski definition) is 12. The molecule has 40 heavy (non-hydrogen) atoms. The molecule has 13 heteroatoms. The Balaban J connectivity index is 6.71. The van der Waals surface area contributed by atoms with Gasteiger partial charge < -0.3 is 36.4 Å². The molecule has 0 saturated heterocycles. The number of carboxylic acids is 1. The Morgan fingerprint density at radius 3 is 1.75 bits per heavy atom. The molecule has 0 bridgehead atoms. The van der Waals surface area contributed by atoms with Gasteiger partial charge in [-0.25, -0.2) is 4.79 Å². The minimum atomic E-state index is -3.61. The molecule has 0 spiro atoms. The Hall–Kier alpha value is -2.42. The van der Waals surface area contributed by atoms with Gasteiger partial charge in [0.05, 0.1) is 31.0 Å². The van der Waals surface area contributed by atoms with Crippen molar-refractivity contribution in [1.29, 1.82) is 0 Å². The van der Waals surface area contributed by atoms with E-state index >= 15 is 0 Å². The maximum atomic E-state index is 13.6. The molecule has 0 rings (SSSR count).